The molecule has 0 atom stereocenters. The number of nitrogens with zero attached hydrogens (tertiary/aromatic N) is 3. The van der Waals surface area contributed by atoms with Crippen molar-refractivity contribution in [2.75, 3.05) is 0 Å². The molecule has 128 valence electrons. The van der Waals surface area contributed by atoms with Gasteiger partial charge in [0.25, 0.3) is 5.56 Å². The first-order valence-electron chi connectivity index (χ1n) is 7.91. The fraction of sp³-hybridized carbons (Fsp3) is 0.0556. The Kier molecular flexibility index (Phi) is 3.88. The van der Waals surface area contributed by atoms with E-state index in [0.717, 1.165) is 25.8 Å². The number of hydrogen-bond acceptors (Lipinski definition) is 6. The van der Waals surface area contributed by atoms with Crippen molar-refractivity contribution in [1.29, 1.82) is 0 Å². The zero-order chi connectivity index (χ0) is 17.5. The van der Waals surface area contributed by atoms with E-state index in [1.807, 2.05) is 42.5 Å². The fourth-order valence-corrected chi connectivity index (χ4v) is 5.57. The molecule has 0 aliphatic carbocycles. The summed E-state index contributed by atoms with van der Waals surface area (Å²) in [6, 6.07) is 17.6. The first-order valence-corrected chi connectivity index (χ1v) is 10.5. The van der Waals surface area contributed by atoms with Gasteiger partial charge in [-0.25, -0.2) is 9.97 Å². The molecule has 0 radical (unpaired) electrons. The molecule has 0 bridgehead atoms. The summed E-state index contributed by atoms with van der Waals surface area (Å²) in [5, 5.41) is 3.83. The maximum absolute atomic E-state index is 12.3. The van der Waals surface area contributed by atoms with Crippen LogP contribution in [0.3, 0.4) is 0 Å². The van der Waals surface area contributed by atoms with Crippen LogP contribution in [0, 0.1) is 0 Å². The highest BCUT2D eigenvalue weighted by Gasteiger charge is 2.11. The third-order valence-electron chi connectivity index (χ3n) is 3.87. The fourth-order valence-electron chi connectivity index (χ4n) is 2.67. The maximum atomic E-state index is 12.3. The van der Waals surface area contributed by atoms with Gasteiger partial charge in [0.15, 0.2) is 4.34 Å². The lowest BCUT2D eigenvalue weighted by Crippen LogP contribution is -2.12. The third-order valence-corrected chi connectivity index (χ3v) is 7.12. The highest BCUT2D eigenvalue weighted by molar-refractivity contribution is 8.00. The molecular formula is C18H12N4OS3. The average molecular weight is 397 g/mol. The molecule has 5 nitrogen and oxygen atoms in total. The van der Waals surface area contributed by atoms with Gasteiger partial charge in [-0.1, -0.05) is 47.4 Å². The Balaban J connectivity index is 1.40. The number of thiazole rings is 2. The second kappa shape index (κ2) is 6.39. The van der Waals surface area contributed by atoms with Crippen molar-refractivity contribution in [1.82, 2.24) is 19.7 Å². The van der Waals surface area contributed by atoms with E-state index in [4.69, 9.17) is 0 Å². The quantitative estimate of drug-likeness (QED) is 0.448. The number of aromatic nitrogens is 4. The smallest absolute Gasteiger partial charge is 0.273 e. The number of rotatable bonds is 4. The average Bonchev–Trinajstić information content (AvgIpc) is 3.35. The molecule has 2 aromatic carbocycles. The van der Waals surface area contributed by atoms with E-state index >= 15 is 0 Å². The number of fused-ring (bicyclic) bond motifs is 2. The summed E-state index contributed by atoms with van der Waals surface area (Å²) < 4.78 is 4.75. The van der Waals surface area contributed by atoms with Gasteiger partial charge in [-0.15, -0.1) is 11.3 Å². The number of hydrogen-bond donors (Lipinski definition) is 1. The van der Waals surface area contributed by atoms with Crippen molar-refractivity contribution in [2.24, 2.45) is 0 Å². The molecule has 0 unspecified atom stereocenters. The van der Waals surface area contributed by atoms with Gasteiger partial charge in [0.1, 0.15) is 0 Å². The Morgan fingerprint density at radius 2 is 1.65 bits per heavy atom. The molecule has 8 heteroatoms. The van der Waals surface area contributed by atoms with E-state index in [1.165, 1.54) is 20.7 Å². The summed E-state index contributed by atoms with van der Waals surface area (Å²) in [5.74, 6) is 0.660. The molecule has 0 amide bonds. The molecule has 1 N–H and O–H groups in total. The number of nitrogens with one attached hydrogen (secondary N) is 1. The molecule has 26 heavy (non-hydrogen) atoms. The zero-order valence-electron chi connectivity index (χ0n) is 13.4. The van der Waals surface area contributed by atoms with E-state index in [9.17, 15) is 4.79 Å². The van der Waals surface area contributed by atoms with Gasteiger partial charge in [0, 0.05) is 17.5 Å². The van der Waals surface area contributed by atoms with Crippen molar-refractivity contribution < 1.29 is 0 Å². The lowest BCUT2D eigenvalue weighted by atomic mass is 10.3. The first-order chi connectivity index (χ1) is 12.8. The van der Waals surface area contributed by atoms with Crippen LogP contribution in [0.4, 0.5) is 0 Å². The van der Waals surface area contributed by atoms with Crippen molar-refractivity contribution >= 4 is 54.9 Å². The summed E-state index contributed by atoms with van der Waals surface area (Å²) >= 11 is 4.80. The van der Waals surface area contributed by atoms with Crippen LogP contribution in [0.5, 0.6) is 0 Å². The second-order valence-corrected chi connectivity index (χ2v) is 8.92. The Morgan fingerprint density at radius 1 is 0.962 bits per heavy atom. The lowest BCUT2D eigenvalue weighted by molar-refractivity contribution is 0.827. The molecule has 3 aromatic heterocycles. The van der Waals surface area contributed by atoms with E-state index in [0.29, 0.717) is 10.9 Å². The number of H-pyrrole nitrogens is 1. The van der Waals surface area contributed by atoms with Crippen LogP contribution in [0.25, 0.3) is 25.6 Å². The van der Waals surface area contributed by atoms with Crippen LogP contribution < -0.4 is 5.56 Å². The minimum Gasteiger partial charge on any atom is -0.292 e. The minimum atomic E-state index is -0.0936. The number of aromatic amines is 1. The number of para-hydroxylation sites is 2. The van der Waals surface area contributed by atoms with Crippen LogP contribution in [0.2, 0.25) is 0 Å². The molecule has 3 heterocycles. The van der Waals surface area contributed by atoms with Crippen LogP contribution in [0.15, 0.2) is 63.7 Å². The molecule has 0 fully saturated rings. The summed E-state index contributed by atoms with van der Waals surface area (Å²) in [7, 11) is 0. The molecule has 5 rings (SSSR count). The maximum Gasteiger partial charge on any atom is 0.273 e. The predicted octanol–water partition coefficient (Wildman–Crippen LogP) is 4.68. The Labute approximate surface area is 160 Å². The summed E-state index contributed by atoms with van der Waals surface area (Å²) in [6.07, 6.45) is 0. The highest BCUT2D eigenvalue weighted by Crippen LogP contribution is 2.31. The molecule has 0 saturated carbocycles. The van der Waals surface area contributed by atoms with Crippen molar-refractivity contribution in [3.05, 3.63) is 70.6 Å². The summed E-state index contributed by atoms with van der Waals surface area (Å²) in [4.78, 5) is 21.5. The molecule has 0 spiro atoms. The topological polar surface area (TPSA) is 63.6 Å². The van der Waals surface area contributed by atoms with Gasteiger partial charge in [0.05, 0.1) is 20.4 Å². The largest absolute Gasteiger partial charge is 0.292 e. The van der Waals surface area contributed by atoms with Crippen molar-refractivity contribution in [3.8, 4) is 5.13 Å². The second-order valence-electron chi connectivity index (χ2n) is 5.66. The van der Waals surface area contributed by atoms with Crippen LogP contribution in [-0.4, -0.2) is 19.7 Å². The SMILES string of the molecule is O=c1cc(CSc2nc3ccccc3s2)[nH]n1-c1nc2ccccc2s1. The van der Waals surface area contributed by atoms with Gasteiger partial charge >= 0.3 is 0 Å². The van der Waals surface area contributed by atoms with E-state index in [2.05, 4.69) is 21.1 Å². The van der Waals surface area contributed by atoms with Gasteiger partial charge in [-0.2, -0.15) is 4.68 Å². The third kappa shape index (κ3) is 2.86. The summed E-state index contributed by atoms with van der Waals surface area (Å²) in [6.45, 7) is 0. The van der Waals surface area contributed by atoms with Gasteiger partial charge in [0.2, 0.25) is 5.13 Å². The van der Waals surface area contributed by atoms with Crippen LogP contribution >= 0.6 is 34.4 Å². The zero-order valence-corrected chi connectivity index (χ0v) is 15.8. The Bertz CT molecular complexity index is 1210. The normalized spacial score (nSPS) is 11.5. The molecule has 5 aromatic rings. The first kappa shape index (κ1) is 15.8. The molecule has 0 aliphatic rings. The highest BCUT2D eigenvalue weighted by atomic mass is 32.2. The standard InChI is InChI=1S/C18H12N4OS3/c23-16-9-11(10-24-18-20-13-6-2-4-8-15(13)26-18)21-22(16)17-19-12-5-1-3-7-14(12)25-17/h1-9,21H,10H2. The molecule has 0 saturated heterocycles. The van der Waals surface area contributed by atoms with E-state index in [1.54, 1.807) is 29.2 Å². The predicted molar refractivity (Wildman–Crippen MR) is 109 cm³/mol. The Morgan fingerprint density at radius 3 is 2.38 bits per heavy atom. The van der Waals surface area contributed by atoms with E-state index < -0.39 is 0 Å². The van der Waals surface area contributed by atoms with Gasteiger partial charge < -0.3 is 0 Å². The number of thioether (sulfide) groups is 1. The number of benzene rings is 2. The monoisotopic (exact) mass is 396 g/mol. The van der Waals surface area contributed by atoms with Crippen LogP contribution in [-0.2, 0) is 5.75 Å². The molecular weight excluding hydrogens is 384 g/mol. The molecule has 0 aliphatic heterocycles. The van der Waals surface area contributed by atoms with Crippen LogP contribution in [0.1, 0.15) is 5.69 Å². The minimum absolute atomic E-state index is 0.0936. The summed E-state index contributed by atoms with van der Waals surface area (Å²) in [5.41, 5.74) is 2.68. The van der Waals surface area contributed by atoms with Gasteiger partial charge in [-0.05, 0) is 24.3 Å². The van der Waals surface area contributed by atoms with Crippen molar-refractivity contribution in [3.63, 3.8) is 0 Å². The Hall–Kier alpha value is -2.42. The van der Waals surface area contributed by atoms with E-state index in [-0.39, 0.29) is 5.56 Å². The van der Waals surface area contributed by atoms with Crippen molar-refractivity contribution in [2.45, 2.75) is 10.1 Å². The van der Waals surface area contributed by atoms with Gasteiger partial charge in [-0.3, -0.25) is 9.89 Å². The lowest BCUT2D eigenvalue weighted by Gasteiger charge is -1.96.